The van der Waals surface area contributed by atoms with Crippen molar-refractivity contribution in [1.29, 1.82) is 0 Å². The van der Waals surface area contributed by atoms with Gasteiger partial charge in [-0.15, -0.1) is 0 Å². The van der Waals surface area contributed by atoms with Gasteiger partial charge in [-0.3, -0.25) is 0 Å². The fraction of sp³-hybridized carbons (Fsp3) is 0.952. The summed E-state index contributed by atoms with van der Waals surface area (Å²) in [5.74, 6) is 3.70. The van der Waals surface area contributed by atoms with Crippen molar-refractivity contribution in [2.45, 2.75) is 90.6 Å². The minimum atomic E-state index is -0.388. The molecular formula is C21H35O. The summed E-state index contributed by atoms with van der Waals surface area (Å²) < 4.78 is 0. The molecule has 0 saturated heterocycles. The van der Waals surface area contributed by atoms with E-state index in [1.807, 2.05) is 0 Å². The molecule has 125 valence electrons. The Hall–Kier alpha value is -0.0400. The summed E-state index contributed by atoms with van der Waals surface area (Å²) in [5.41, 5.74) is 0.735. The lowest BCUT2D eigenvalue weighted by molar-refractivity contribution is -0.149. The van der Waals surface area contributed by atoms with Crippen LogP contribution in [-0.4, -0.2) is 10.7 Å². The molecule has 4 aliphatic carbocycles. The van der Waals surface area contributed by atoms with E-state index in [0.29, 0.717) is 10.8 Å². The molecule has 4 rings (SSSR count). The monoisotopic (exact) mass is 303 g/mol. The molecule has 4 fully saturated rings. The van der Waals surface area contributed by atoms with Gasteiger partial charge in [0, 0.05) is 0 Å². The zero-order chi connectivity index (χ0) is 15.6. The van der Waals surface area contributed by atoms with E-state index in [1.165, 1.54) is 51.4 Å². The van der Waals surface area contributed by atoms with Crippen molar-refractivity contribution in [3.63, 3.8) is 0 Å². The first-order chi connectivity index (χ1) is 10.4. The van der Waals surface area contributed by atoms with Crippen LogP contribution < -0.4 is 0 Å². The average Bonchev–Trinajstić information content (AvgIpc) is 2.88. The van der Waals surface area contributed by atoms with Crippen LogP contribution in [0.15, 0.2) is 0 Å². The van der Waals surface area contributed by atoms with Crippen LogP contribution in [0.5, 0.6) is 0 Å². The van der Waals surface area contributed by atoms with Crippen LogP contribution in [0.25, 0.3) is 0 Å². The Balaban J connectivity index is 1.65. The topological polar surface area (TPSA) is 20.2 Å². The molecule has 0 aromatic carbocycles. The summed E-state index contributed by atoms with van der Waals surface area (Å²) in [5, 5.41) is 10.6. The van der Waals surface area contributed by atoms with E-state index in [2.05, 4.69) is 27.2 Å². The van der Waals surface area contributed by atoms with Gasteiger partial charge in [0.25, 0.3) is 0 Å². The van der Waals surface area contributed by atoms with Crippen molar-refractivity contribution in [2.75, 3.05) is 0 Å². The summed E-state index contributed by atoms with van der Waals surface area (Å²) in [6, 6.07) is 0. The van der Waals surface area contributed by atoms with Crippen molar-refractivity contribution in [3.8, 4) is 0 Å². The maximum absolute atomic E-state index is 10.6. The van der Waals surface area contributed by atoms with Crippen LogP contribution in [-0.2, 0) is 0 Å². The molecule has 1 radical (unpaired) electrons. The van der Waals surface area contributed by atoms with E-state index in [-0.39, 0.29) is 5.60 Å². The molecule has 0 aromatic heterocycles. The highest BCUT2D eigenvalue weighted by Gasteiger charge is 2.59. The van der Waals surface area contributed by atoms with Crippen LogP contribution in [0.2, 0.25) is 0 Å². The second-order valence-corrected chi connectivity index (χ2v) is 9.76. The maximum Gasteiger partial charge on any atom is 0.0622 e. The third-order valence-electron chi connectivity index (χ3n) is 8.84. The number of hydrogen-bond acceptors (Lipinski definition) is 1. The lowest BCUT2D eigenvalue weighted by Crippen LogP contribution is -2.55. The Labute approximate surface area is 137 Å². The Bertz CT molecular complexity index is 441. The van der Waals surface area contributed by atoms with E-state index in [4.69, 9.17) is 0 Å². The van der Waals surface area contributed by atoms with E-state index in [1.54, 1.807) is 0 Å². The average molecular weight is 304 g/mol. The molecule has 1 nitrogen and oxygen atoms in total. The molecule has 7 atom stereocenters. The minimum Gasteiger partial charge on any atom is -0.390 e. The maximum atomic E-state index is 10.6. The molecule has 0 aliphatic heterocycles. The standard InChI is InChI=1S/C21H35O/c1-4-21-13-12-20(3,22)14-15(21)7-8-16-17-6-5-10-19(17,2)11-9-18(16)21/h10,15-18,22H,4-9,11-14H2,1-3H3/t15-,16+,17+,18+,19+,20-,21+/m1/s1. The van der Waals surface area contributed by atoms with Crippen molar-refractivity contribution in [1.82, 2.24) is 0 Å². The van der Waals surface area contributed by atoms with Gasteiger partial charge in [0.05, 0.1) is 5.60 Å². The number of rotatable bonds is 1. The molecule has 0 bridgehead atoms. The molecule has 0 unspecified atom stereocenters. The Kier molecular flexibility index (Phi) is 3.50. The first kappa shape index (κ1) is 15.5. The zero-order valence-electron chi connectivity index (χ0n) is 14.9. The van der Waals surface area contributed by atoms with E-state index >= 15 is 0 Å². The van der Waals surface area contributed by atoms with Gasteiger partial charge in [0.15, 0.2) is 0 Å². The van der Waals surface area contributed by atoms with Crippen LogP contribution >= 0.6 is 0 Å². The molecule has 0 spiro atoms. The third-order valence-corrected chi connectivity index (χ3v) is 8.84. The largest absolute Gasteiger partial charge is 0.390 e. The van der Waals surface area contributed by atoms with Gasteiger partial charge >= 0.3 is 0 Å². The molecule has 0 amide bonds. The minimum absolute atomic E-state index is 0.388. The smallest absolute Gasteiger partial charge is 0.0622 e. The van der Waals surface area contributed by atoms with E-state index in [0.717, 1.165) is 36.5 Å². The lowest BCUT2D eigenvalue weighted by Gasteiger charge is -2.62. The summed E-state index contributed by atoms with van der Waals surface area (Å²) in [6.07, 6.45) is 16.0. The highest BCUT2D eigenvalue weighted by molar-refractivity contribution is 5.12. The lowest BCUT2D eigenvalue weighted by atomic mass is 9.43. The normalized spacial score (nSPS) is 57.8. The summed E-state index contributed by atoms with van der Waals surface area (Å²) in [7, 11) is 0. The predicted octanol–water partition coefficient (Wildman–Crippen LogP) is 5.37. The second-order valence-electron chi connectivity index (χ2n) is 9.76. The summed E-state index contributed by atoms with van der Waals surface area (Å²) in [4.78, 5) is 0. The van der Waals surface area contributed by atoms with Crippen molar-refractivity contribution < 1.29 is 5.11 Å². The quantitative estimate of drug-likeness (QED) is 0.690. The second kappa shape index (κ2) is 4.98. The van der Waals surface area contributed by atoms with E-state index in [9.17, 15) is 5.11 Å². The van der Waals surface area contributed by atoms with Gasteiger partial charge in [-0.1, -0.05) is 13.8 Å². The zero-order valence-corrected chi connectivity index (χ0v) is 14.9. The Morgan fingerprint density at radius 2 is 1.82 bits per heavy atom. The number of aliphatic hydroxyl groups is 1. The molecule has 22 heavy (non-hydrogen) atoms. The van der Waals surface area contributed by atoms with Gasteiger partial charge in [-0.2, -0.15) is 0 Å². The van der Waals surface area contributed by atoms with Gasteiger partial charge in [-0.25, -0.2) is 0 Å². The third kappa shape index (κ3) is 2.06. The van der Waals surface area contributed by atoms with Crippen LogP contribution in [0.3, 0.4) is 0 Å². The van der Waals surface area contributed by atoms with E-state index < -0.39 is 0 Å². The van der Waals surface area contributed by atoms with Crippen LogP contribution in [0.1, 0.15) is 85.0 Å². The van der Waals surface area contributed by atoms with Gasteiger partial charge in [0.2, 0.25) is 0 Å². The van der Waals surface area contributed by atoms with Gasteiger partial charge in [-0.05, 0) is 112 Å². The highest BCUT2D eigenvalue weighted by Crippen LogP contribution is 2.67. The number of fused-ring (bicyclic) bond motifs is 5. The SMILES string of the molecule is CC[C@]12CC[C@@](C)(O)C[C@H]1CC[C@@H]1[C@@H]2CC[C@]2(C)[CH]CC[C@@H]12. The van der Waals surface area contributed by atoms with Crippen LogP contribution in [0.4, 0.5) is 0 Å². The van der Waals surface area contributed by atoms with Crippen molar-refractivity contribution in [2.24, 2.45) is 34.5 Å². The molecule has 1 heteroatoms. The number of hydrogen-bond donors (Lipinski definition) is 1. The fourth-order valence-corrected chi connectivity index (χ4v) is 7.68. The predicted molar refractivity (Wildman–Crippen MR) is 91.3 cm³/mol. The summed E-state index contributed by atoms with van der Waals surface area (Å²) in [6.45, 7) is 7.09. The fourth-order valence-electron chi connectivity index (χ4n) is 7.68. The Morgan fingerprint density at radius 1 is 1.00 bits per heavy atom. The molecule has 1 N–H and O–H groups in total. The van der Waals surface area contributed by atoms with Crippen LogP contribution in [0, 0.1) is 40.9 Å². The Morgan fingerprint density at radius 3 is 2.59 bits per heavy atom. The molecule has 4 aliphatic rings. The highest BCUT2D eigenvalue weighted by atomic mass is 16.3. The molecular weight excluding hydrogens is 268 g/mol. The summed E-state index contributed by atoms with van der Waals surface area (Å²) >= 11 is 0. The molecule has 0 heterocycles. The van der Waals surface area contributed by atoms with Gasteiger partial charge < -0.3 is 5.11 Å². The van der Waals surface area contributed by atoms with Gasteiger partial charge in [0.1, 0.15) is 0 Å². The van der Waals surface area contributed by atoms with Crippen molar-refractivity contribution in [3.05, 3.63) is 6.42 Å². The van der Waals surface area contributed by atoms with Crippen molar-refractivity contribution >= 4 is 0 Å². The molecule has 4 saturated carbocycles. The first-order valence-electron chi connectivity index (χ1n) is 9.97. The molecule has 0 aromatic rings. The first-order valence-corrected chi connectivity index (χ1v) is 9.97.